The van der Waals surface area contributed by atoms with Crippen molar-refractivity contribution in [3.05, 3.63) is 12.2 Å². The van der Waals surface area contributed by atoms with E-state index >= 15 is 0 Å². The highest BCUT2D eigenvalue weighted by atomic mass is 35.5. The van der Waals surface area contributed by atoms with Gasteiger partial charge < -0.3 is 22.2 Å². The molecule has 3 nitrogen and oxygen atoms in total. The Bertz CT molecular complexity index is 323. The zero-order valence-corrected chi connectivity index (χ0v) is 18.1. The zero-order chi connectivity index (χ0) is 18.3. The molecule has 0 aliphatic heterocycles. The van der Waals surface area contributed by atoms with Crippen molar-refractivity contribution in [3.63, 3.8) is 0 Å². The predicted molar refractivity (Wildman–Crippen MR) is 106 cm³/mol. The Labute approximate surface area is 163 Å². The summed E-state index contributed by atoms with van der Waals surface area (Å²) >= 11 is 0. The van der Waals surface area contributed by atoms with Gasteiger partial charge >= 0.3 is 0 Å². The monoisotopic (exact) mass is 374 g/mol. The van der Waals surface area contributed by atoms with E-state index in [4.69, 9.17) is 0 Å². The fraction of sp³-hybridized carbons (Fsp3) is 0.857. The van der Waals surface area contributed by atoms with Gasteiger partial charge in [-0.25, -0.2) is 0 Å². The average Bonchev–Trinajstić information content (AvgIpc) is 2.58. The van der Waals surface area contributed by atoms with Crippen LogP contribution in [0.1, 0.15) is 85.5 Å². The summed E-state index contributed by atoms with van der Waals surface area (Å²) in [5.74, 6) is -0.00559. The molecule has 0 rings (SSSR count). The highest BCUT2D eigenvalue weighted by Crippen LogP contribution is 2.17. The first-order valence-electron chi connectivity index (χ1n) is 10.3. The van der Waals surface area contributed by atoms with Crippen LogP contribution in [0.2, 0.25) is 0 Å². The van der Waals surface area contributed by atoms with Crippen LogP contribution in [-0.4, -0.2) is 43.1 Å². The normalized spacial score (nSPS) is 11.0. The summed E-state index contributed by atoms with van der Waals surface area (Å²) in [6.07, 6.45) is 11.5. The van der Waals surface area contributed by atoms with Crippen molar-refractivity contribution in [1.82, 2.24) is 5.32 Å². The number of hydrogen-bond acceptors (Lipinski definition) is 1. The molecule has 0 aliphatic rings. The van der Waals surface area contributed by atoms with Gasteiger partial charge in [-0.1, -0.05) is 46.6 Å². The van der Waals surface area contributed by atoms with E-state index in [1.807, 2.05) is 0 Å². The van der Waals surface area contributed by atoms with Crippen molar-refractivity contribution in [1.29, 1.82) is 0 Å². The smallest absolute Gasteiger partial charge is 0.246 e. The quantitative estimate of drug-likeness (QED) is 0.250. The topological polar surface area (TPSA) is 29.1 Å². The maximum Gasteiger partial charge on any atom is 0.246 e. The highest BCUT2D eigenvalue weighted by molar-refractivity contribution is 5.91. The fourth-order valence-electron chi connectivity index (χ4n) is 3.25. The molecule has 25 heavy (non-hydrogen) atoms. The lowest BCUT2D eigenvalue weighted by atomic mass is 10.1. The van der Waals surface area contributed by atoms with Crippen LogP contribution in [0.3, 0.4) is 0 Å². The van der Waals surface area contributed by atoms with Crippen molar-refractivity contribution >= 4 is 5.91 Å². The Morgan fingerprint density at radius 3 is 1.64 bits per heavy atom. The molecule has 0 aliphatic carbocycles. The van der Waals surface area contributed by atoms with Gasteiger partial charge in [0.05, 0.1) is 26.2 Å². The second kappa shape index (κ2) is 16.9. The van der Waals surface area contributed by atoms with Gasteiger partial charge in [0.25, 0.3) is 0 Å². The first-order chi connectivity index (χ1) is 11.5. The van der Waals surface area contributed by atoms with E-state index in [1.54, 1.807) is 6.92 Å². The fourth-order valence-corrected chi connectivity index (χ4v) is 3.25. The zero-order valence-electron chi connectivity index (χ0n) is 17.3. The number of nitrogens with one attached hydrogen (secondary N) is 1. The number of carbonyl (C=O) groups excluding carboxylic acids is 1. The summed E-state index contributed by atoms with van der Waals surface area (Å²) in [7, 11) is 0. The molecule has 0 saturated carbocycles. The number of nitrogens with zero attached hydrogens (tertiary/aromatic N) is 1. The molecule has 0 atom stereocenters. The van der Waals surface area contributed by atoms with Gasteiger partial charge in [-0.3, -0.25) is 4.79 Å². The number of hydrogen-bond donors (Lipinski definition) is 1. The number of quaternary nitrogens is 1. The van der Waals surface area contributed by atoms with Gasteiger partial charge in [-0.15, -0.1) is 0 Å². The minimum atomic E-state index is -0.00559. The number of carbonyl (C=O) groups is 1. The molecule has 1 amide bonds. The second-order valence-electron chi connectivity index (χ2n) is 7.39. The molecule has 0 spiro atoms. The van der Waals surface area contributed by atoms with E-state index in [9.17, 15) is 4.79 Å². The van der Waals surface area contributed by atoms with E-state index in [0.29, 0.717) is 5.57 Å². The molecular formula is C21H43ClN2O. The summed E-state index contributed by atoms with van der Waals surface area (Å²) in [5.41, 5.74) is 0.601. The maximum atomic E-state index is 11.5. The summed E-state index contributed by atoms with van der Waals surface area (Å²) in [6, 6.07) is 0. The van der Waals surface area contributed by atoms with Crippen molar-refractivity contribution in [2.24, 2.45) is 0 Å². The third-order valence-corrected chi connectivity index (χ3v) is 4.94. The highest BCUT2D eigenvalue weighted by Gasteiger charge is 2.24. The molecule has 0 unspecified atom stereocenters. The maximum absolute atomic E-state index is 11.5. The minimum Gasteiger partial charge on any atom is -1.00 e. The molecular weight excluding hydrogens is 332 g/mol. The summed E-state index contributed by atoms with van der Waals surface area (Å²) in [6.45, 7) is 18.5. The Kier molecular flexibility index (Phi) is 18.0. The molecule has 0 radical (unpaired) electrons. The average molecular weight is 375 g/mol. The van der Waals surface area contributed by atoms with E-state index in [0.717, 1.165) is 13.0 Å². The van der Waals surface area contributed by atoms with Gasteiger partial charge in [0.15, 0.2) is 0 Å². The van der Waals surface area contributed by atoms with Crippen LogP contribution >= 0.6 is 0 Å². The third kappa shape index (κ3) is 13.3. The molecule has 0 aromatic carbocycles. The predicted octanol–water partition coefficient (Wildman–Crippen LogP) is 2.07. The van der Waals surface area contributed by atoms with Crippen molar-refractivity contribution in [2.75, 3.05) is 32.7 Å². The van der Waals surface area contributed by atoms with Gasteiger partial charge in [0.2, 0.25) is 5.91 Å². The first-order valence-corrected chi connectivity index (χ1v) is 10.3. The molecule has 4 heteroatoms. The van der Waals surface area contributed by atoms with Gasteiger partial charge in [0, 0.05) is 12.1 Å². The van der Waals surface area contributed by atoms with E-state index in [-0.39, 0.29) is 18.3 Å². The van der Waals surface area contributed by atoms with Crippen LogP contribution in [0.5, 0.6) is 0 Å². The number of halogens is 1. The third-order valence-electron chi connectivity index (χ3n) is 4.94. The van der Waals surface area contributed by atoms with Crippen LogP contribution in [0.25, 0.3) is 0 Å². The number of rotatable bonds is 16. The number of amides is 1. The van der Waals surface area contributed by atoms with Crippen molar-refractivity contribution in [3.8, 4) is 0 Å². The largest absolute Gasteiger partial charge is 1.00 e. The minimum absolute atomic E-state index is 0. The van der Waals surface area contributed by atoms with Gasteiger partial charge in [-0.2, -0.15) is 0 Å². The molecule has 150 valence electrons. The van der Waals surface area contributed by atoms with E-state index in [1.165, 1.54) is 82.0 Å². The second-order valence-corrected chi connectivity index (χ2v) is 7.39. The Morgan fingerprint density at radius 1 is 0.800 bits per heavy atom. The van der Waals surface area contributed by atoms with Crippen LogP contribution in [0.15, 0.2) is 12.2 Å². The van der Waals surface area contributed by atoms with Crippen molar-refractivity contribution in [2.45, 2.75) is 85.5 Å². The van der Waals surface area contributed by atoms with Crippen molar-refractivity contribution < 1.29 is 21.7 Å². The van der Waals surface area contributed by atoms with Crippen LogP contribution in [-0.2, 0) is 4.79 Å². The molecule has 0 aromatic rings. The SMILES string of the molecule is C=C(C)C(=O)NCCCCC[N+](CCCC)(CCCC)CCCC.[Cl-]. The lowest BCUT2D eigenvalue weighted by molar-refractivity contribution is -0.929. The first kappa shape index (κ1) is 26.7. The summed E-state index contributed by atoms with van der Waals surface area (Å²) in [5, 5.41) is 2.94. The van der Waals surface area contributed by atoms with Gasteiger partial charge in [0.1, 0.15) is 0 Å². The van der Waals surface area contributed by atoms with Gasteiger partial charge in [-0.05, 0) is 45.4 Å². The lowest BCUT2D eigenvalue weighted by Gasteiger charge is -2.39. The molecule has 0 fully saturated rings. The molecule has 0 aromatic heterocycles. The van der Waals surface area contributed by atoms with Crippen LogP contribution in [0.4, 0.5) is 0 Å². The summed E-state index contributed by atoms with van der Waals surface area (Å²) < 4.78 is 1.33. The van der Waals surface area contributed by atoms with E-state index < -0.39 is 0 Å². The molecule has 0 bridgehead atoms. The van der Waals surface area contributed by atoms with Crippen LogP contribution in [0, 0.1) is 0 Å². The Hall–Kier alpha value is -0.540. The molecule has 0 saturated heterocycles. The standard InChI is InChI=1S/C21H42N2O.ClH/c1-6-9-16-23(17-10-7-2,18-11-8-3)19-14-12-13-15-22-21(24)20(4)5;/h4,6-19H2,1-3,5H3;1H. The summed E-state index contributed by atoms with van der Waals surface area (Å²) in [4.78, 5) is 11.5. The van der Waals surface area contributed by atoms with E-state index in [2.05, 4.69) is 32.7 Å². The number of unbranched alkanes of at least 4 members (excludes halogenated alkanes) is 5. The lowest BCUT2D eigenvalue weighted by Crippen LogP contribution is -3.00. The Morgan fingerprint density at radius 2 is 1.24 bits per heavy atom. The Balaban J connectivity index is 0. The molecule has 0 heterocycles. The molecule has 1 N–H and O–H groups in total. The van der Waals surface area contributed by atoms with Crippen LogP contribution < -0.4 is 17.7 Å².